The average Bonchev–Trinajstić information content (AvgIpc) is 2.71. The van der Waals surface area contributed by atoms with E-state index in [1.54, 1.807) is 12.1 Å². The van der Waals surface area contributed by atoms with E-state index < -0.39 is 5.60 Å². The zero-order valence-corrected chi connectivity index (χ0v) is 16.9. The van der Waals surface area contributed by atoms with Crippen LogP contribution in [0, 0.1) is 11.7 Å². The van der Waals surface area contributed by atoms with E-state index in [2.05, 4.69) is 15.9 Å². The third-order valence-corrected chi connectivity index (χ3v) is 6.74. The van der Waals surface area contributed by atoms with E-state index >= 15 is 0 Å². The molecule has 0 radical (unpaired) electrons. The molecule has 5 heteroatoms. The molecule has 0 spiro atoms. The van der Waals surface area contributed by atoms with Crippen LogP contribution in [-0.4, -0.2) is 42.7 Å². The second kappa shape index (κ2) is 8.40. The van der Waals surface area contributed by atoms with Crippen molar-refractivity contribution in [2.75, 3.05) is 37.6 Å². The molecule has 2 unspecified atom stereocenters. The maximum Gasteiger partial charge on any atom is 0.123 e. The van der Waals surface area contributed by atoms with E-state index in [4.69, 9.17) is 11.6 Å². The molecule has 1 aliphatic carbocycles. The van der Waals surface area contributed by atoms with Gasteiger partial charge in [0.05, 0.1) is 16.3 Å². The van der Waals surface area contributed by atoms with Gasteiger partial charge in [0.2, 0.25) is 0 Å². The molecule has 1 saturated heterocycles. The van der Waals surface area contributed by atoms with Crippen molar-refractivity contribution in [3.05, 3.63) is 64.9 Å². The minimum atomic E-state index is -0.855. The first kappa shape index (κ1) is 19.7. The Hall–Kier alpha value is -1.62. The molecule has 0 amide bonds. The van der Waals surface area contributed by atoms with Crippen LogP contribution >= 0.6 is 11.6 Å². The van der Waals surface area contributed by atoms with Crippen LogP contribution in [0.5, 0.6) is 0 Å². The number of piperazine rings is 1. The molecule has 0 bridgehead atoms. The molecule has 4 rings (SSSR count). The van der Waals surface area contributed by atoms with Crippen molar-refractivity contribution in [3.8, 4) is 0 Å². The Kier molecular flexibility index (Phi) is 5.91. The molecule has 3 nitrogen and oxygen atoms in total. The van der Waals surface area contributed by atoms with Crippen molar-refractivity contribution in [3.63, 3.8) is 0 Å². The van der Waals surface area contributed by atoms with E-state index in [1.807, 2.05) is 18.2 Å². The topological polar surface area (TPSA) is 26.7 Å². The van der Waals surface area contributed by atoms with Gasteiger partial charge in [-0.1, -0.05) is 48.7 Å². The Morgan fingerprint density at radius 1 is 1.00 bits per heavy atom. The Bertz CT molecular complexity index is 791. The van der Waals surface area contributed by atoms with Gasteiger partial charge in [0.15, 0.2) is 0 Å². The molecule has 1 N–H and O–H groups in total. The van der Waals surface area contributed by atoms with E-state index in [1.165, 1.54) is 12.1 Å². The lowest BCUT2D eigenvalue weighted by molar-refractivity contribution is -0.0660. The highest BCUT2D eigenvalue weighted by Crippen LogP contribution is 2.42. The average molecular weight is 403 g/mol. The minimum Gasteiger partial charge on any atom is -0.385 e. The smallest absolute Gasteiger partial charge is 0.123 e. The first-order valence-corrected chi connectivity index (χ1v) is 10.6. The number of benzene rings is 2. The maximum atomic E-state index is 13.3. The lowest BCUT2D eigenvalue weighted by Crippen LogP contribution is -2.51. The third-order valence-electron chi connectivity index (χ3n) is 6.42. The van der Waals surface area contributed by atoms with Crippen LogP contribution in [0.15, 0.2) is 48.5 Å². The van der Waals surface area contributed by atoms with Crippen LogP contribution in [0.4, 0.5) is 10.1 Å². The summed E-state index contributed by atoms with van der Waals surface area (Å²) >= 11 is 6.35. The van der Waals surface area contributed by atoms with E-state index in [9.17, 15) is 9.50 Å². The van der Waals surface area contributed by atoms with Crippen molar-refractivity contribution >= 4 is 17.3 Å². The highest BCUT2D eigenvalue weighted by Gasteiger charge is 2.41. The van der Waals surface area contributed by atoms with Crippen LogP contribution in [0.3, 0.4) is 0 Å². The number of anilines is 1. The lowest BCUT2D eigenvalue weighted by atomic mass is 9.71. The van der Waals surface area contributed by atoms with Gasteiger partial charge in [0, 0.05) is 38.6 Å². The first-order chi connectivity index (χ1) is 13.6. The van der Waals surface area contributed by atoms with Crippen LogP contribution in [0.2, 0.25) is 5.02 Å². The lowest BCUT2D eigenvalue weighted by Gasteiger charge is -2.44. The number of halogens is 2. The molecular formula is C23H28ClFN2O. The van der Waals surface area contributed by atoms with E-state index in [0.29, 0.717) is 0 Å². The molecule has 1 saturated carbocycles. The molecule has 1 heterocycles. The summed E-state index contributed by atoms with van der Waals surface area (Å²) in [4.78, 5) is 4.80. The normalized spacial score (nSPS) is 26.4. The molecule has 0 aromatic heterocycles. The number of hydrogen-bond acceptors (Lipinski definition) is 3. The molecule has 1 aliphatic heterocycles. The van der Waals surface area contributed by atoms with Crippen LogP contribution in [0.1, 0.15) is 31.2 Å². The van der Waals surface area contributed by atoms with Gasteiger partial charge in [-0.25, -0.2) is 4.39 Å². The second-order valence-corrected chi connectivity index (χ2v) is 8.52. The summed E-state index contributed by atoms with van der Waals surface area (Å²) in [7, 11) is 0. The zero-order chi connectivity index (χ0) is 19.6. The summed E-state index contributed by atoms with van der Waals surface area (Å²) in [6.45, 7) is 4.67. The largest absolute Gasteiger partial charge is 0.385 e. The van der Waals surface area contributed by atoms with Crippen LogP contribution < -0.4 is 4.90 Å². The number of rotatable bonds is 4. The van der Waals surface area contributed by atoms with Gasteiger partial charge in [0.1, 0.15) is 5.82 Å². The Balaban J connectivity index is 1.42. The predicted molar refractivity (Wildman–Crippen MR) is 112 cm³/mol. The van der Waals surface area contributed by atoms with Gasteiger partial charge in [-0.15, -0.1) is 0 Å². The summed E-state index contributed by atoms with van der Waals surface area (Å²) in [6.07, 6.45) is 3.93. The van der Waals surface area contributed by atoms with Gasteiger partial charge in [0.25, 0.3) is 0 Å². The molecule has 28 heavy (non-hydrogen) atoms. The monoisotopic (exact) mass is 402 g/mol. The standard InChI is InChI=1S/C23H28ClFN2O/c24-21-6-1-2-7-22(21)27-15-13-26(14-16-27)17-19-5-3-4-12-23(19,28)18-8-10-20(25)11-9-18/h1-2,6-11,19,28H,3-5,12-17H2. The van der Waals surface area contributed by atoms with Crippen LogP contribution in [-0.2, 0) is 5.60 Å². The molecule has 150 valence electrons. The summed E-state index contributed by atoms with van der Waals surface area (Å²) in [6, 6.07) is 14.4. The second-order valence-electron chi connectivity index (χ2n) is 8.11. The highest BCUT2D eigenvalue weighted by atomic mass is 35.5. The minimum absolute atomic E-state index is 0.179. The van der Waals surface area contributed by atoms with Gasteiger partial charge in [-0.3, -0.25) is 4.90 Å². The summed E-state index contributed by atoms with van der Waals surface area (Å²) in [5, 5.41) is 12.3. The molecule has 2 aliphatic rings. The fraction of sp³-hybridized carbons (Fsp3) is 0.478. The number of para-hydroxylation sites is 1. The van der Waals surface area contributed by atoms with Gasteiger partial charge in [-0.2, -0.15) is 0 Å². The molecule has 2 aromatic carbocycles. The van der Waals surface area contributed by atoms with Gasteiger partial charge < -0.3 is 10.0 Å². The highest BCUT2D eigenvalue weighted by molar-refractivity contribution is 6.33. The Labute approximate surface area is 171 Å². The Morgan fingerprint density at radius 3 is 2.43 bits per heavy atom. The zero-order valence-electron chi connectivity index (χ0n) is 16.2. The molecule has 2 atom stereocenters. The van der Waals surface area contributed by atoms with E-state index in [-0.39, 0.29) is 11.7 Å². The van der Waals surface area contributed by atoms with Crippen molar-refractivity contribution in [1.29, 1.82) is 0 Å². The summed E-state index contributed by atoms with van der Waals surface area (Å²) in [5.41, 5.74) is 1.10. The van der Waals surface area contributed by atoms with Crippen molar-refractivity contribution in [1.82, 2.24) is 4.90 Å². The number of hydrogen-bond donors (Lipinski definition) is 1. The summed E-state index contributed by atoms with van der Waals surface area (Å²) in [5.74, 6) is -0.0750. The number of nitrogens with zero attached hydrogens (tertiary/aromatic N) is 2. The van der Waals surface area contributed by atoms with E-state index in [0.717, 1.165) is 74.7 Å². The van der Waals surface area contributed by atoms with Crippen molar-refractivity contribution < 1.29 is 9.50 Å². The molecular weight excluding hydrogens is 375 g/mol. The predicted octanol–water partition coefficient (Wildman–Crippen LogP) is 4.68. The van der Waals surface area contributed by atoms with Crippen LogP contribution in [0.25, 0.3) is 0 Å². The van der Waals surface area contributed by atoms with Gasteiger partial charge in [-0.05, 0) is 42.7 Å². The fourth-order valence-corrected chi connectivity index (χ4v) is 5.04. The third kappa shape index (κ3) is 4.05. The molecule has 2 aromatic rings. The summed E-state index contributed by atoms with van der Waals surface area (Å²) < 4.78 is 13.3. The Morgan fingerprint density at radius 2 is 1.71 bits per heavy atom. The SMILES string of the molecule is OC1(c2ccc(F)cc2)CCCCC1CN1CCN(c2ccccc2Cl)CC1. The fourth-order valence-electron chi connectivity index (χ4n) is 4.78. The van der Waals surface area contributed by atoms with Crippen molar-refractivity contribution in [2.24, 2.45) is 5.92 Å². The maximum absolute atomic E-state index is 13.3. The number of aliphatic hydroxyl groups is 1. The van der Waals surface area contributed by atoms with Crippen molar-refractivity contribution in [2.45, 2.75) is 31.3 Å². The molecule has 2 fully saturated rings. The first-order valence-electron chi connectivity index (χ1n) is 10.3. The van der Waals surface area contributed by atoms with Gasteiger partial charge >= 0.3 is 0 Å². The quantitative estimate of drug-likeness (QED) is 0.804.